The molecule has 2 aromatic rings. The molecule has 0 fully saturated rings. The molecule has 1 amide bonds. The van der Waals surface area contributed by atoms with E-state index in [1.54, 1.807) is 4.90 Å². The van der Waals surface area contributed by atoms with Gasteiger partial charge in [-0.1, -0.05) is 36.4 Å². The Labute approximate surface area is 148 Å². The minimum Gasteiger partial charge on any atom is -0.486 e. The molecule has 3 rings (SSSR count). The quantitative estimate of drug-likeness (QED) is 0.810. The number of likely N-dealkylation sites (N-methyl/N-ethyl adjacent to an activating group) is 2. The normalized spacial score (nSPS) is 12.9. The number of hydrogen-bond donors (Lipinski definition) is 0. The van der Waals surface area contributed by atoms with Crippen LogP contribution in [-0.2, 0) is 17.9 Å². The summed E-state index contributed by atoms with van der Waals surface area (Å²) in [4.78, 5) is 16.2. The molecule has 0 N–H and O–H groups in total. The predicted molar refractivity (Wildman–Crippen MR) is 96.7 cm³/mol. The number of nitrogens with zero attached hydrogens (tertiary/aromatic N) is 2. The Morgan fingerprint density at radius 3 is 2.40 bits per heavy atom. The van der Waals surface area contributed by atoms with E-state index in [2.05, 4.69) is 0 Å². The highest BCUT2D eigenvalue weighted by Gasteiger charge is 2.15. The zero-order valence-electron chi connectivity index (χ0n) is 14.8. The maximum Gasteiger partial charge on any atom is 0.236 e. The maximum atomic E-state index is 12.4. The first-order valence-electron chi connectivity index (χ1n) is 8.47. The van der Waals surface area contributed by atoms with Gasteiger partial charge < -0.3 is 14.4 Å². The van der Waals surface area contributed by atoms with E-state index < -0.39 is 0 Å². The van der Waals surface area contributed by atoms with Crippen LogP contribution in [0.3, 0.4) is 0 Å². The van der Waals surface area contributed by atoms with Crippen LogP contribution in [0.1, 0.15) is 11.1 Å². The Bertz CT molecular complexity index is 718. The molecule has 0 saturated heterocycles. The third kappa shape index (κ3) is 4.73. The van der Waals surface area contributed by atoms with Gasteiger partial charge >= 0.3 is 0 Å². The van der Waals surface area contributed by atoms with E-state index in [-0.39, 0.29) is 5.91 Å². The van der Waals surface area contributed by atoms with E-state index >= 15 is 0 Å². The number of hydrogen-bond acceptors (Lipinski definition) is 4. The number of carbonyl (C=O) groups excluding carboxylic acids is 1. The zero-order valence-corrected chi connectivity index (χ0v) is 14.8. The molecule has 1 aliphatic rings. The van der Waals surface area contributed by atoms with E-state index in [4.69, 9.17) is 9.47 Å². The van der Waals surface area contributed by atoms with Gasteiger partial charge in [0, 0.05) is 20.1 Å². The predicted octanol–water partition coefficient (Wildman–Crippen LogP) is 2.55. The molecule has 25 heavy (non-hydrogen) atoms. The highest BCUT2D eigenvalue weighted by molar-refractivity contribution is 5.77. The van der Waals surface area contributed by atoms with Crippen molar-refractivity contribution in [3.63, 3.8) is 0 Å². The lowest BCUT2D eigenvalue weighted by atomic mass is 10.2. The summed E-state index contributed by atoms with van der Waals surface area (Å²) in [6.07, 6.45) is 0. The van der Waals surface area contributed by atoms with Crippen LogP contribution in [0.5, 0.6) is 11.5 Å². The average molecular weight is 340 g/mol. The molecular weight excluding hydrogens is 316 g/mol. The molecule has 0 bridgehead atoms. The fraction of sp³-hybridized carbons (Fsp3) is 0.350. The second kappa shape index (κ2) is 8.03. The van der Waals surface area contributed by atoms with Crippen molar-refractivity contribution < 1.29 is 14.3 Å². The molecule has 0 atom stereocenters. The molecule has 0 aliphatic carbocycles. The monoisotopic (exact) mass is 340 g/mol. The lowest BCUT2D eigenvalue weighted by Crippen LogP contribution is -2.36. The summed E-state index contributed by atoms with van der Waals surface area (Å²) in [6, 6.07) is 16.0. The minimum absolute atomic E-state index is 0.101. The van der Waals surface area contributed by atoms with Crippen molar-refractivity contribution in [3.05, 3.63) is 59.7 Å². The molecule has 0 saturated carbocycles. The van der Waals surface area contributed by atoms with Gasteiger partial charge in [-0.25, -0.2) is 0 Å². The van der Waals surface area contributed by atoms with E-state index in [0.29, 0.717) is 32.8 Å². The first kappa shape index (κ1) is 17.3. The van der Waals surface area contributed by atoms with Crippen molar-refractivity contribution in [1.29, 1.82) is 0 Å². The van der Waals surface area contributed by atoms with Gasteiger partial charge in [0.1, 0.15) is 13.2 Å². The summed E-state index contributed by atoms with van der Waals surface area (Å²) in [5.41, 5.74) is 2.23. The Morgan fingerprint density at radius 2 is 1.64 bits per heavy atom. The molecule has 0 radical (unpaired) electrons. The third-order valence-electron chi connectivity index (χ3n) is 4.15. The fourth-order valence-corrected chi connectivity index (χ4v) is 2.85. The lowest BCUT2D eigenvalue weighted by molar-refractivity contribution is -0.131. The molecule has 132 valence electrons. The van der Waals surface area contributed by atoms with Crippen LogP contribution in [-0.4, -0.2) is 49.6 Å². The van der Waals surface area contributed by atoms with E-state index in [0.717, 1.165) is 22.6 Å². The number of benzene rings is 2. The van der Waals surface area contributed by atoms with Gasteiger partial charge in [0.05, 0.1) is 6.54 Å². The van der Waals surface area contributed by atoms with Gasteiger partial charge in [0.25, 0.3) is 0 Å². The first-order chi connectivity index (χ1) is 12.1. The van der Waals surface area contributed by atoms with Crippen molar-refractivity contribution in [2.75, 3.05) is 33.9 Å². The van der Waals surface area contributed by atoms with Crippen molar-refractivity contribution in [2.45, 2.75) is 13.1 Å². The topological polar surface area (TPSA) is 42.0 Å². The number of fused-ring (bicyclic) bond motifs is 1. The Morgan fingerprint density at radius 1 is 0.920 bits per heavy atom. The van der Waals surface area contributed by atoms with E-state index in [9.17, 15) is 4.79 Å². The largest absolute Gasteiger partial charge is 0.486 e. The van der Waals surface area contributed by atoms with Crippen molar-refractivity contribution in [2.24, 2.45) is 0 Å². The number of carbonyl (C=O) groups is 1. The Hall–Kier alpha value is -2.53. The van der Waals surface area contributed by atoms with Crippen LogP contribution in [0.2, 0.25) is 0 Å². The minimum atomic E-state index is 0.101. The van der Waals surface area contributed by atoms with Crippen LogP contribution < -0.4 is 9.47 Å². The summed E-state index contributed by atoms with van der Waals surface area (Å²) >= 11 is 0. The standard InChI is InChI=1S/C20H24N2O3/c1-21(13-17-8-9-18-19(12-17)25-11-10-24-18)15-20(23)22(2)14-16-6-4-3-5-7-16/h3-9,12H,10-11,13-15H2,1-2H3. The molecule has 0 spiro atoms. The molecule has 1 heterocycles. The van der Waals surface area contributed by atoms with Gasteiger partial charge in [0.15, 0.2) is 11.5 Å². The highest BCUT2D eigenvalue weighted by atomic mass is 16.6. The molecule has 5 heteroatoms. The zero-order chi connectivity index (χ0) is 17.6. The molecule has 2 aromatic carbocycles. The molecule has 0 unspecified atom stereocenters. The van der Waals surface area contributed by atoms with Crippen molar-refractivity contribution >= 4 is 5.91 Å². The Kier molecular flexibility index (Phi) is 5.56. The second-order valence-corrected chi connectivity index (χ2v) is 6.39. The van der Waals surface area contributed by atoms with Crippen LogP contribution in [0.4, 0.5) is 0 Å². The summed E-state index contributed by atoms with van der Waals surface area (Å²) in [5.74, 6) is 1.67. The fourth-order valence-electron chi connectivity index (χ4n) is 2.85. The van der Waals surface area contributed by atoms with Crippen LogP contribution >= 0.6 is 0 Å². The lowest BCUT2D eigenvalue weighted by Gasteiger charge is -2.23. The summed E-state index contributed by atoms with van der Waals surface area (Å²) in [5, 5.41) is 0. The maximum absolute atomic E-state index is 12.4. The number of rotatable bonds is 6. The molecule has 0 aromatic heterocycles. The summed E-state index contributed by atoms with van der Waals surface area (Å²) in [7, 11) is 3.79. The highest BCUT2D eigenvalue weighted by Crippen LogP contribution is 2.30. The van der Waals surface area contributed by atoms with E-state index in [1.807, 2.05) is 67.5 Å². The van der Waals surface area contributed by atoms with Gasteiger partial charge in [-0.3, -0.25) is 9.69 Å². The second-order valence-electron chi connectivity index (χ2n) is 6.39. The SMILES string of the molecule is CN(CC(=O)N(C)Cc1ccccc1)Cc1ccc2c(c1)OCCO2. The van der Waals surface area contributed by atoms with Gasteiger partial charge in [-0.15, -0.1) is 0 Å². The number of ether oxygens (including phenoxy) is 2. The van der Waals surface area contributed by atoms with Crippen LogP contribution in [0.15, 0.2) is 48.5 Å². The molecule has 5 nitrogen and oxygen atoms in total. The average Bonchev–Trinajstić information content (AvgIpc) is 2.62. The van der Waals surface area contributed by atoms with Crippen molar-refractivity contribution in [3.8, 4) is 11.5 Å². The van der Waals surface area contributed by atoms with Gasteiger partial charge in [-0.2, -0.15) is 0 Å². The number of amides is 1. The van der Waals surface area contributed by atoms with Crippen LogP contribution in [0, 0.1) is 0 Å². The smallest absolute Gasteiger partial charge is 0.236 e. The van der Waals surface area contributed by atoms with Crippen LogP contribution in [0.25, 0.3) is 0 Å². The van der Waals surface area contributed by atoms with Gasteiger partial charge in [-0.05, 0) is 30.3 Å². The first-order valence-corrected chi connectivity index (χ1v) is 8.47. The summed E-state index contributed by atoms with van der Waals surface area (Å²) < 4.78 is 11.1. The van der Waals surface area contributed by atoms with Gasteiger partial charge in [0.2, 0.25) is 5.91 Å². The molecule has 1 aliphatic heterocycles. The van der Waals surface area contributed by atoms with Crippen molar-refractivity contribution in [1.82, 2.24) is 9.80 Å². The summed E-state index contributed by atoms with van der Waals surface area (Å²) in [6.45, 7) is 2.85. The molecular formula is C20H24N2O3. The Balaban J connectivity index is 1.53. The third-order valence-corrected chi connectivity index (χ3v) is 4.15. The van der Waals surface area contributed by atoms with E-state index in [1.165, 1.54) is 0 Å².